The van der Waals surface area contributed by atoms with E-state index in [4.69, 9.17) is 0 Å². The second kappa shape index (κ2) is 7.13. The second-order valence-corrected chi connectivity index (χ2v) is 5.71. The number of benzene rings is 2. The zero-order chi connectivity index (χ0) is 16.9. The first-order valence-corrected chi connectivity index (χ1v) is 8.17. The number of carbonyl (C=O) groups excluding carboxylic acids is 1. The molecule has 1 N–H and O–H groups in total. The fraction of sp³-hybridized carbons (Fsp3) is 0.200. The van der Waals surface area contributed by atoms with Crippen molar-refractivity contribution in [1.82, 2.24) is 15.1 Å². The standard InChI is InChI=1S/C20H21N3O/c1-3-23-19(13-14-21-23)15(2)22-20(24)18-11-9-17(10-12-18)16-7-5-4-6-8-16/h4-15H,3H2,1-2H3,(H,22,24). The quantitative estimate of drug-likeness (QED) is 0.771. The van der Waals surface area contributed by atoms with Crippen LogP contribution in [0.5, 0.6) is 0 Å². The van der Waals surface area contributed by atoms with Gasteiger partial charge in [0.1, 0.15) is 0 Å². The Balaban J connectivity index is 1.71. The van der Waals surface area contributed by atoms with Gasteiger partial charge >= 0.3 is 0 Å². The van der Waals surface area contributed by atoms with Crippen molar-refractivity contribution in [2.24, 2.45) is 0 Å². The summed E-state index contributed by atoms with van der Waals surface area (Å²) in [6, 6.07) is 19.7. The van der Waals surface area contributed by atoms with Crippen LogP contribution in [0, 0.1) is 0 Å². The molecular formula is C20H21N3O. The van der Waals surface area contributed by atoms with E-state index >= 15 is 0 Å². The molecule has 3 aromatic rings. The summed E-state index contributed by atoms with van der Waals surface area (Å²) in [5.41, 5.74) is 3.91. The van der Waals surface area contributed by atoms with Crippen LogP contribution in [0.1, 0.15) is 35.9 Å². The molecule has 1 atom stereocenters. The first-order chi connectivity index (χ1) is 11.7. The van der Waals surface area contributed by atoms with E-state index in [1.165, 1.54) is 0 Å². The zero-order valence-electron chi connectivity index (χ0n) is 13.9. The third kappa shape index (κ3) is 3.38. The number of nitrogens with one attached hydrogen (secondary N) is 1. The SMILES string of the molecule is CCn1nccc1C(C)NC(=O)c1ccc(-c2ccccc2)cc1. The summed E-state index contributed by atoms with van der Waals surface area (Å²) in [6.45, 7) is 4.79. The monoisotopic (exact) mass is 319 g/mol. The number of hydrogen-bond donors (Lipinski definition) is 1. The summed E-state index contributed by atoms with van der Waals surface area (Å²) in [5, 5.41) is 7.28. The maximum Gasteiger partial charge on any atom is 0.251 e. The van der Waals surface area contributed by atoms with Crippen molar-refractivity contribution >= 4 is 5.91 Å². The van der Waals surface area contributed by atoms with Gasteiger partial charge in [0.25, 0.3) is 5.91 Å². The highest BCUT2D eigenvalue weighted by atomic mass is 16.1. The molecular weight excluding hydrogens is 298 g/mol. The Kier molecular flexibility index (Phi) is 4.75. The summed E-state index contributed by atoms with van der Waals surface area (Å²) in [7, 11) is 0. The minimum absolute atomic E-state index is 0.0778. The van der Waals surface area contributed by atoms with Gasteiger partial charge in [0, 0.05) is 18.3 Å². The molecule has 1 aromatic heterocycles. The van der Waals surface area contributed by atoms with Crippen LogP contribution in [-0.2, 0) is 6.54 Å². The first-order valence-electron chi connectivity index (χ1n) is 8.17. The molecule has 0 aliphatic rings. The predicted octanol–water partition coefficient (Wildman–Crippen LogP) is 4.06. The van der Waals surface area contributed by atoms with Crippen LogP contribution >= 0.6 is 0 Å². The van der Waals surface area contributed by atoms with E-state index in [9.17, 15) is 4.79 Å². The summed E-state index contributed by atoms with van der Waals surface area (Å²) >= 11 is 0. The van der Waals surface area contributed by atoms with Gasteiger partial charge in [0.15, 0.2) is 0 Å². The minimum atomic E-state index is -0.0891. The van der Waals surface area contributed by atoms with Crippen molar-refractivity contribution in [1.29, 1.82) is 0 Å². The predicted molar refractivity (Wildman–Crippen MR) is 95.7 cm³/mol. The van der Waals surface area contributed by atoms with E-state index in [-0.39, 0.29) is 11.9 Å². The number of hydrogen-bond acceptors (Lipinski definition) is 2. The van der Waals surface area contributed by atoms with E-state index in [1.54, 1.807) is 6.20 Å². The highest BCUT2D eigenvalue weighted by Gasteiger charge is 2.14. The highest BCUT2D eigenvalue weighted by molar-refractivity contribution is 5.94. The van der Waals surface area contributed by atoms with Crippen LogP contribution in [0.25, 0.3) is 11.1 Å². The van der Waals surface area contributed by atoms with Gasteiger partial charge in [-0.05, 0) is 43.2 Å². The average Bonchev–Trinajstić information content (AvgIpc) is 3.11. The Bertz CT molecular complexity index is 806. The fourth-order valence-electron chi connectivity index (χ4n) is 2.77. The zero-order valence-corrected chi connectivity index (χ0v) is 13.9. The van der Waals surface area contributed by atoms with Gasteiger partial charge < -0.3 is 5.32 Å². The highest BCUT2D eigenvalue weighted by Crippen LogP contribution is 2.20. The Labute approximate surface area is 142 Å². The molecule has 1 amide bonds. The van der Waals surface area contributed by atoms with Crippen LogP contribution in [0.15, 0.2) is 66.9 Å². The number of aromatic nitrogens is 2. The van der Waals surface area contributed by atoms with Crippen molar-refractivity contribution in [3.8, 4) is 11.1 Å². The Hall–Kier alpha value is -2.88. The molecule has 0 fully saturated rings. The van der Waals surface area contributed by atoms with Crippen LogP contribution < -0.4 is 5.32 Å². The Morgan fingerprint density at radius 2 is 1.71 bits per heavy atom. The number of amides is 1. The molecule has 2 aromatic carbocycles. The molecule has 3 rings (SSSR count). The fourth-order valence-corrected chi connectivity index (χ4v) is 2.77. The molecule has 4 heteroatoms. The van der Waals surface area contributed by atoms with Crippen LogP contribution in [0.4, 0.5) is 0 Å². The summed E-state index contributed by atoms with van der Waals surface area (Å²) < 4.78 is 1.89. The lowest BCUT2D eigenvalue weighted by molar-refractivity contribution is 0.0938. The average molecular weight is 319 g/mol. The van der Waals surface area contributed by atoms with Crippen molar-refractivity contribution < 1.29 is 4.79 Å². The molecule has 0 aliphatic heterocycles. The molecule has 1 unspecified atom stereocenters. The van der Waals surface area contributed by atoms with Gasteiger partial charge in [-0.25, -0.2) is 0 Å². The smallest absolute Gasteiger partial charge is 0.251 e. The molecule has 122 valence electrons. The summed E-state index contributed by atoms with van der Waals surface area (Å²) in [6.07, 6.45) is 1.76. The van der Waals surface area contributed by atoms with E-state index in [1.807, 2.05) is 67.1 Å². The van der Waals surface area contributed by atoms with Gasteiger partial charge in [0.05, 0.1) is 11.7 Å². The Morgan fingerprint density at radius 1 is 1.04 bits per heavy atom. The van der Waals surface area contributed by atoms with E-state index in [2.05, 4.69) is 22.5 Å². The lowest BCUT2D eigenvalue weighted by atomic mass is 10.0. The van der Waals surface area contributed by atoms with Crippen LogP contribution in [0.3, 0.4) is 0 Å². The lowest BCUT2D eigenvalue weighted by Gasteiger charge is -2.15. The molecule has 0 radical (unpaired) electrons. The summed E-state index contributed by atoms with van der Waals surface area (Å²) in [5.74, 6) is -0.0778. The Morgan fingerprint density at radius 3 is 2.38 bits per heavy atom. The molecule has 4 nitrogen and oxygen atoms in total. The second-order valence-electron chi connectivity index (χ2n) is 5.71. The van der Waals surface area contributed by atoms with E-state index < -0.39 is 0 Å². The number of carbonyl (C=O) groups is 1. The number of nitrogens with zero attached hydrogens (tertiary/aromatic N) is 2. The van der Waals surface area contributed by atoms with Gasteiger partial charge in [0.2, 0.25) is 0 Å². The van der Waals surface area contributed by atoms with Gasteiger partial charge in [-0.2, -0.15) is 5.10 Å². The minimum Gasteiger partial charge on any atom is -0.344 e. The lowest BCUT2D eigenvalue weighted by Crippen LogP contribution is -2.28. The number of aryl methyl sites for hydroxylation is 1. The topological polar surface area (TPSA) is 46.9 Å². The van der Waals surface area contributed by atoms with E-state index in [0.29, 0.717) is 5.56 Å². The van der Waals surface area contributed by atoms with Crippen molar-refractivity contribution in [2.75, 3.05) is 0 Å². The normalized spacial score (nSPS) is 11.9. The largest absolute Gasteiger partial charge is 0.344 e. The van der Waals surface area contributed by atoms with Crippen LogP contribution in [0.2, 0.25) is 0 Å². The third-order valence-corrected chi connectivity index (χ3v) is 4.09. The molecule has 24 heavy (non-hydrogen) atoms. The molecule has 0 saturated heterocycles. The van der Waals surface area contributed by atoms with Crippen molar-refractivity contribution in [2.45, 2.75) is 26.4 Å². The molecule has 0 aliphatic carbocycles. The van der Waals surface area contributed by atoms with Gasteiger partial charge in [-0.1, -0.05) is 42.5 Å². The van der Waals surface area contributed by atoms with Crippen LogP contribution in [-0.4, -0.2) is 15.7 Å². The maximum absolute atomic E-state index is 12.5. The molecule has 0 bridgehead atoms. The van der Waals surface area contributed by atoms with Gasteiger partial charge in [-0.3, -0.25) is 9.48 Å². The van der Waals surface area contributed by atoms with Gasteiger partial charge in [-0.15, -0.1) is 0 Å². The number of rotatable bonds is 5. The van der Waals surface area contributed by atoms with Crippen molar-refractivity contribution in [3.05, 3.63) is 78.1 Å². The van der Waals surface area contributed by atoms with E-state index in [0.717, 1.165) is 23.4 Å². The first kappa shape index (κ1) is 16.0. The van der Waals surface area contributed by atoms with Crippen molar-refractivity contribution in [3.63, 3.8) is 0 Å². The molecule has 0 spiro atoms. The summed E-state index contributed by atoms with van der Waals surface area (Å²) in [4.78, 5) is 12.5. The molecule has 0 saturated carbocycles. The third-order valence-electron chi connectivity index (χ3n) is 4.09. The molecule has 1 heterocycles. The maximum atomic E-state index is 12.5.